The maximum atomic E-state index is 6.31. The van der Waals surface area contributed by atoms with Crippen LogP contribution in [0.2, 0.25) is 5.02 Å². The van der Waals surface area contributed by atoms with Gasteiger partial charge >= 0.3 is 0 Å². The molecule has 2 aromatic carbocycles. The minimum absolute atomic E-state index is 0.252. The van der Waals surface area contributed by atoms with Gasteiger partial charge in [-0.25, -0.2) is 0 Å². The summed E-state index contributed by atoms with van der Waals surface area (Å²) in [5.74, 6) is 0.626. The van der Waals surface area contributed by atoms with Gasteiger partial charge in [-0.15, -0.1) is 0 Å². The molecule has 1 unspecified atom stereocenters. The molecule has 100 valence electrons. The van der Waals surface area contributed by atoms with Crippen molar-refractivity contribution in [2.75, 3.05) is 7.11 Å². The van der Waals surface area contributed by atoms with Crippen molar-refractivity contribution in [2.24, 2.45) is 5.73 Å². The molecule has 0 spiro atoms. The number of hydrogen-bond acceptors (Lipinski definition) is 2. The highest BCUT2D eigenvalue weighted by atomic mass is 79.9. The molecule has 1 atom stereocenters. The summed E-state index contributed by atoms with van der Waals surface area (Å²) in [7, 11) is 1.59. The Morgan fingerprint density at radius 1 is 1.16 bits per heavy atom. The van der Waals surface area contributed by atoms with Gasteiger partial charge in [0.2, 0.25) is 0 Å². The molecule has 0 heterocycles. The Labute approximate surface area is 134 Å². The summed E-state index contributed by atoms with van der Waals surface area (Å²) in [4.78, 5) is 0. The predicted molar refractivity (Wildman–Crippen MR) is 85.9 cm³/mol. The van der Waals surface area contributed by atoms with Crippen molar-refractivity contribution < 1.29 is 4.74 Å². The van der Waals surface area contributed by atoms with Crippen LogP contribution in [0.25, 0.3) is 0 Å². The summed E-state index contributed by atoms with van der Waals surface area (Å²) >= 11 is 13.0. The molecule has 0 aliphatic rings. The van der Waals surface area contributed by atoms with Crippen molar-refractivity contribution >= 4 is 43.5 Å². The second-order valence-corrected chi connectivity index (χ2v) is 6.21. The van der Waals surface area contributed by atoms with Gasteiger partial charge in [-0.1, -0.05) is 49.5 Å². The highest BCUT2D eigenvalue weighted by Gasteiger charge is 2.14. The van der Waals surface area contributed by atoms with Crippen LogP contribution in [0.3, 0.4) is 0 Å². The number of ether oxygens (including phenoxy) is 1. The van der Waals surface area contributed by atoms with Crippen molar-refractivity contribution in [2.45, 2.75) is 6.04 Å². The summed E-state index contributed by atoms with van der Waals surface area (Å²) in [5, 5.41) is 0.576. The zero-order valence-electron chi connectivity index (χ0n) is 10.2. The van der Waals surface area contributed by atoms with E-state index in [0.29, 0.717) is 10.8 Å². The minimum Gasteiger partial charge on any atom is -0.495 e. The Kier molecular flexibility index (Phi) is 4.90. The lowest BCUT2D eigenvalue weighted by atomic mass is 9.99. The van der Waals surface area contributed by atoms with Crippen molar-refractivity contribution in [1.29, 1.82) is 0 Å². The fourth-order valence-electron chi connectivity index (χ4n) is 1.80. The van der Waals surface area contributed by atoms with Gasteiger partial charge in [0.15, 0.2) is 0 Å². The van der Waals surface area contributed by atoms with Gasteiger partial charge in [0.1, 0.15) is 5.75 Å². The molecular weight excluding hydrogens is 393 g/mol. The Balaban J connectivity index is 2.43. The third-order valence-electron chi connectivity index (χ3n) is 2.83. The van der Waals surface area contributed by atoms with Crippen molar-refractivity contribution in [3.8, 4) is 5.75 Å². The van der Waals surface area contributed by atoms with Crippen LogP contribution in [0, 0.1) is 0 Å². The van der Waals surface area contributed by atoms with Crippen LogP contribution in [-0.4, -0.2) is 7.11 Å². The van der Waals surface area contributed by atoms with Gasteiger partial charge in [-0.3, -0.25) is 0 Å². The summed E-state index contributed by atoms with van der Waals surface area (Å²) in [6.45, 7) is 0. The summed E-state index contributed by atoms with van der Waals surface area (Å²) < 4.78 is 7.17. The van der Waals surface area contributed by atoms with Gasteiger partial charge in [-0.05, 0) is 41.5 Å². The number of halogens is 3. The quantitative estimate of drug-likeness (QED) is 0.787. The molecule has 0 aliphatic carbocycles. The number of hydrogen-bond donors (Lipinski definition) is 1. The van der Waals surface area contributed by atoms with E-state index in [-0.39, 0.29) is 6.04 Å². The van der Waals surface area contributed by atoms with Crippen LogP contribution in [0.15, 0.2) is 45.3 Å². The molecule has 0 bridgehead atoms. The molecule has 0 saturated heterocycles. The first-order chi connectivity index (χ1) is 9.02. The first kappa shape index (κ1) is 14.9. The van der Waals surface area contributed by atoms with E-state index >= 15 is 0 Å². The van der Waals surface area contributed by atoms with E-state index in [0.717, 1.165) is 20.1 Å². The Morgan fingerprint density at radius 2 is 1.89 bits per heavy atom. The van der Waals surface area contributed by atoms with E-state index in [9.17, 15) is 0 Å². The molecule has 0 aliphatic heterocycles. The summed E-state index contributed by atoms with van der Waals surface area (Å²) in [6, 6.07) is 11.2. The second-order valence-electron chi connectivity index (χ2n) is 4.04. The fraction of sp³-hybridized carbons (Fsp3) is 0.143. The topological polar surface area (TPSA) is 35.2 Å². The Bertz CT molecular complexity index is 604. The SMILES string of the molecule is COc1cc(C(N)c2cc(Br)ccc2Br)ccc1Cl. The fourth-order valence-corrected chi connectivity index (χ4v) is 2.87. The second kappa shape index (κ2) is 6.27. The number of nitrogens with two attached hydrogens (primary N) is 1. The molecule has 2 rings (SSSR count). The van der Waals surface area contributed by atoms with Crippen LogP contribution < -0.4 is 10.5 Å². The molecular formula is C14H12Br2ClNO. The molecule has 2 aromatic rings. The molecule has 0 aromatic heterocycles. The van der Waals surface area contributed by atoms with Crippen LogP contribution >= 0.6 is 43.5 Å². The standard InChI is InChI=1S/C14H12Br2ClNO/c1-19-13-6-8(2-5-12(13)17)14(18)10-7-9(15)3-4-11(10)16/h2-7,14H,18H2,1H3. The van der Waals surface area contributed by atoms with E-state index in [1.807, 2.05) is 30.3 Å². The van der Waals surface area contributed by atoms with E-state index < -0.39 is 0 Å². The normalized spacial score (nSPS) is 12.3. The third-order valence-corrected chi connectivity index (χ3v) is 4.36. The summed E-state index contributed by atoms with van der Waals surface area (Å²) in [6.07, 6.45) is 0. The molecule has 0 fully saturated rings. The average Bonchev–Trinajstić information content (AvgIpc) is 2.41. The lowest BCUT2D eigenvalue weighted by Crippen LogP contribution is -2.12. The number of benzene rings is 2. The van der Waals surface area contributed by atoms with Crippen LogP contribution in [0.1, 0.15) is 17.2 Å². The molecule has 19 heavy (non-hydrogen) atoms. The first-order valence-electron chi connectivity index (χ1n) is 5.57. The minimum atomic E-state index is -0.252. The third kappa shape index (κ3) is 3.31. The van der Waals surface area contributed by atoms with E-state index in [1.165, 1.54) is 0 Å². The molecule has 0 amide bonds. The van der Waals surface area contributed by atoms with Gasteiger partial charge in [-0.2, -0.15) is 0 Å². The monoisotopic (exact) mass is 403 g/mol. The smallest absolute Gasteiger partial charge is 0.137 e. The molecule has 5 heteroatoms. The zero-order chi connectivity index (χ0) is 14.0. The molecule has 0 radical (unpaired) electrons. The Hall–Kier alpha value is -0.550. The van der Waals surface area contributed by atoms with Gasteiger partial charge in [0.05, 0.1) is 18.2 Å². The van der Waals surface area contributed by atoms with Crippen LogP contribution in [-0.2, 0) is 0 Å². The molecule has 2 N–H and O–H groups in total. The van der Waals surface area contributed by atoms with Gasteiger partial charge in [0, 0.05) is 8.95 Å². The maximum Gasteiger partial charge on any atom is 0.137 e. The number of methoxy groups -OCH3 is 1. The molecule has 0 saturated carbocycles. The van der Waals surface area contributed by atoms with Gasteiger partial charge < -0.3 is 10.5 Å². The van der Waals surface area contributed by atoms with Crippen LogP contribution in [0.4, 0.5) is 0 Å². The maximum absolute atomic E-state index is 6.31. The van der Waals surface area contributed by atoms with E-state index in [2.05, 4.69) is 31.9 Å². The van der Waals surface area contributed by atoms with Crippen molar-refractivity contribution in [3.63, 3.8) is 0 Å². The zero-order valence-corrected chi connectivity index (χ0v) is 14.1. The van der Waals surface area contributed by atoms with E-state index in [1.54, 1.807) is 13.2 Å². The first-order valence-corrected chi connectivity index (χ1v) is 7.53. The van der Waals surface area contributed by atoms with Crippen LogP contribution in [0.5, 0.6) is 5.75 Å². The Morgan fingerprint density at radius 3 is 2.58 bits per heavy atom. The highest BCUT2D eigenvalue weighted by molar-refractivity contribution is 9.11. The molecule has 2 nitrogen and oxygen atoms in total. The average molecular weight is 406 g/mol. The number of rotatable bonds is 3. The predicted octanol–water partition coefficient (Wildman–Crippen LogP) is 4.92. The van der Waals surface area contributed by atoms with Crippen molar-refractivity contribution in [1.82, 2.24) is 0 Å². The summed E-state index contributed by atoms with van der Waals surface area (Å²) in [5.41, 5.74) is 8.25. The van der Waals surface area contributed by atoms with Gasteiger partial charge in [0.25, 0.3) is 0 Å². The lowest BCUT2D eigenvalue weighted by Gasteiger charge is -2.16. The lowest BCUT2D eigenvalue weighted by molar-refractivity contribution is 0.414. The highest BCUT2D eigenvalue weighted by Crippen LogP contribution is 2.33. The van der Waals surface area contributed by atoms with Crippen molar-refractivity contribution in [3.05, 3.63) is 61.5 Å². The van der Waals surface area contributed by atoms with E-state index in [4.69, 9.17) is 22.1 Å². The largest absolute Gasteiger partial charge is 0.495 e.